The van der Waals surface area contributed by atoms with Gasteiger partial charge in [-0.25, -0.2) is 0 Å². The molecular formula is C15H25NO. The van der Waals surface area contributed by atoms with Crippen LogP contribution in [0.2, 0.25) is 0 Å². The van der Waals surface area contributed by atoms with Gasteiger partial charge in [0.25, 0.3) is 0 Å². The molecule has 1 atom stereocenters. The fraction of sp³-hybridized carbons (Fsp3) is 0.600. The number of unbranched alkanes of at least 4 members (excludes halogenated alkanes) is 1. The first-order valence-electron chi connectivity index (χ1n) is 6.75. The molecule has 0 bridgehead atoms. The normalized spacial score (nSPS) is 12.5. The lowest BCUT2D eigenvalue weighted by Gasteiger charge is -2.21. The first kappa shape index (κ1) is 14.0. The zero-order valence-corrected chi connectivity index (χ0v) is 11.3. The van der Waals surface area contributed by atoms with E-state index in [0.29, 0.717) is 0 Å². The second-order valence-electron chi connectivity index (χ2n) is 4.42. The van der Waals surface area contributed by atoms with Crippen LogP contribution in [-0.2, 0) is 0 Å². The van der Waals surface area contributed by atoms with Crippen molar-refractivity contribution in [3.8, 4) is 0 Å². The quantitative estimate of drug-likeness (QED) is 0.778. The fourth-order valence-corrected chi connectivity index (χ4v) is 2.06. The first-order valence-corrected chi connectivity index (χ1v) is 6.75. The Kier molecular flexibility index (Phi) is 6.06. The van der Waals surface area contributed by atoms with E-state index in [1.54, 1.807) is 0 Å². The summed E-state index contributed by atoms with van der Waals surface area (Å²) < 4.78 is 0. The summed E-state index contributed by atoms with van der Waals surface area (Å²) in [5.41, 5.74) is 2.27. The van der Waals surface area contributed by atoms with Crippen LogP contribution in [0.4, 0.5) is 5.69 Å². The smallest absolute Gasteiger partial charge is 0.0790 e. The van der Waals surface area contributed by atoms with Crippen LogP contribution in [0, 0.1) is 0 Å². The van der Waals surface area contributed by atoms with Gasteiger partial charge in [-0.1, -0.05) is 31.9 Å². The maximum Gasteiger partial charge on any atom is 0.0790 e. The van der Waals surface area contributed by atoms with Gasteiger partial charge in [-0.05, 0) is 38.0 Å². The van der Waals surface area contributed by atoms with Gasteiger partial charge < -0.3 is 10.0 Å². The summed E-state index contributed by atoms with van der Waals surface area (Å²) in [4.78, 5) is 2.31. The highest BCUT2D eigenvalue weighted by atomic mass is 16.3. The highest BCUT2D eigenvalue weighted by Gasteiger charge is 2.07. The number of rotatable bonds is 7. The molecule has 0 spiro atoms. The van der Waals surface area contributed by atoms with Crippen LogP contribution in [0.15, 0.2) is 24.3 Å². The van der Waals surface area contributed by atoms with Crippen LogP contribution in [0.3, 0.4) is 0 Å². The lowest BCUT2D eigenvalue weighted by Crippen LogP contribution is -2.21. The van der Waals surface area contributed by atoms with E-state index in [2.05, 4.69) is 37.8 Å². The maximum atomic E-state index is 9.98. The summed E-state index contributed by atoms with van der Waals surface area (Å²) in [6.45, 7) is 8.51. The van der Waals surface area contributed by atoms with Crippen molar-refractivity contribution in [1.29, 1.82) is 0 Å². The molecule has 2 heteroatoms. The van der Waals surface area contributed by atoms with Crippen molar-refractivity contribution in [3.63, 3.8) is 0 Å². The molecular weight excluding hydrogens is 210 g/mol. The molecule has 0 aliphatic carbocycles. The number of aliphatic hydroxyl groups is 1. The maximum absolute atomic E-state index is 9.98. The van der Waals surface area contributed by atoms with Gasteiger partial charge in [0, 0.05) is 18.8 Å². The molecule has 0 aliphatic rings. The van der Waals surface area contributed by atoms with Gasteiger partial charge in [-0.2, -0.15) is 0 Å². The highest BCUT2D eigenvalue weighted by molar-refractivity contribution is 5.47. The summed E-state index contributed by atoms with van der Waals surface area (Å²) >= 11 is 0. The minimum absolute atomic E-state index is 0.305. The van der Waals surface area contributed by atoms with E-state index in [-0.39, 0.29) is 6.10 Å². The van der Waals surface area contributed by atoms with Crippen LogP contribution in [-0.4, -0.2) is 18.2 Å². The average molecular weight is 235 g/mol. The van der Waals surface area contributed by atoms with E-state index in [4.69, 9.17) is 0 Å². The van der Waals surface area contributed by atoms with Crippen LogP contribution in [0.25, 0.3) is 0 Å². The van der Waals surface area contributed by atoms with Gasteiger partial charge in [-0.15, -0.1) is 0 Å². The molecule has 0 fully saturated rings. The van der Waals surface area contributed by atoms with Gasteiger partial charge in [0.2, 0.25) is 0 Å². The second-order valence-corrected chi connectivity index (χ2v) is 4.42. The van der Waals surface area contributed by atoms with E-state index in [9.17, 15) is 5.11 Å². The Morgan fingerprint density at radius 1 is 1.06 bits per heavy atom. The third-order valence-electron chi connectivity index (χ3n) is 3.24. The molecule has 0 aromatic heterocycles. The Hall–Kier alpha value is -1.02. The molecule has 0 aliphatic heterocycles. The molecule has 1 rings (SSSR count). The summed E-state index contributed by atoms with van der Waals surface area (Å²) in [6, 6.07) is 8.32. The topological polar surface area (TPSA) is 23.5 Å². The minimum atomic E-state index is -0.305. The van der Waals surface area contributed by atoms with E-state index in [1.165, 1.54) is 5.69 Å². The molecule has 1 N–H and O–H groups in total. The van der Waals surface area contributed by atoms with Crippen LogP contribution in [0.5, 0.6) is 0 Å². The Balaban J connectivity index is 2.66. The Bertz CT molecular complexity index is 303. The molecule has 0 saturated heterocycles. The Morgan fingerprint density at radius 2 is 1.65 bits per heavy atom. The van der Waals surface area contributed by atoms with Crippen molar-refractivity contribution in [2.24, 2.45) is 0 Å². The molecule has 96 valence electrons. The Labute approximate surface area is 105 Å². The number of nitrogens with zero attached hydrogens (tertiary/aromatic N) is 1. The molecule has 0 radical (unpaired) electrons. The third kappa shape index (κ3) is 4.04. The van der Waals surface area contributed by atoms with Crippen LogP contribution in [0.1, 0.15) is 51.7 Å². The van der Waals surface area contributed by atoms with Gasteiger partial charge in [0.15, 0.2) is 0 Å². The standard InChI is InChI=1S/C15H25NO/c1-4-7-8-15(17)13-9-11-14(12-10-13)16(5-2)6-3/h9-12,15,17H,4-8H2,1-3H3. The van der Waals surface area contributed by atoms with Crippen molar-refractivity contribution in [2.75, 3.05) is 18.0 Å². The molecule has 0 heterocycles. The van der Waals surface area contributed by atoms with Crippen LogP contribution < -0.4 is 4.90 Å². The summed E-state index contributed by atoms with van der Waals surface area (Å²) in [5, 5.41) is 9.98. The van der Waals surface area contributed by atoms with Gasteiger partial charge in [-0.3, -0.25) is 0 Å². The largest absolute Gasteiger partial charge is 0.388 e. The number of benzene rings is 1. The van der Waals surface area contributed by atoms with Crippen LogP contribution >= 0.6 is 0 Å². The molecule has 2 nitrogen and oxygen atoms in total. The van der Waals surface area contributed by atoms with E-state index >= 15 is 0 Å². The van der Waals surface area contributed by atoms with E-state index in [1.807, 2.05) is 12.1 Å². The summed E-state index contributed by atoms with van der Waals surface area (Å²) in [6.07, 6.45) is 2.77. The zero-order chi connectivity index (χ0) is 12.7. The van der Waals surface area contributed by atoms with Crippen molar-refractivity contribution in [1.82, 2.24) is 0 Å². The molecule has 0 saturated carbocycles. The lowest BCUT2D eigenvalue weighted by atomic mass is 10.0. The average Bonchev–Trinajstić information content (AvgIpc) is 2.38. The second kappa shape index (κ2) is 7.33. The van der Waals surface area contributed by atoms with Gasteiger partial charge in [0.1, 0.15) is 0 Å². The predicted octanol–water partition coefficient (Wildman–Crippen LogP) is 3.76. The number of aliphatic hydroxyl groups excluding tert-OH is 1. The molecule has 1 aromatic carbocycles. The number of anilines is 1. The number of hydrogen-bond donors (Lipinski definition) is 1. The minimum Gasteiger partial charge on any atom is -0.388 e. The fourth-order valence-electron chi connectivity index (χ4n) is 2.06. The Morgan fingerprint density at radius 3 is 2.12 bits per heavy atom. The third-order valence-corrected chi connectivity index (χ3v) is 3.24. The highest BCUT2D eigenvalue weighted by Crippen LogP contribution is 2.22. The monoisotopic (exact) mass is 235 g/mol. The van der Waals surface area contributed by atoms with Crippen molar-refractivity contribution in [3.05, 3.63) is 29.8 Å². The molecule has 1 unspecified atom stereocenters. The molecule has 0 amide bonds. The van der Waals surface area contributed by atoms with Crippen molar-refractivity contribution >= 4 is 5.69 Å². The molecule has 1 aromatic rings. The number of hydrogen-bond acceptors (Lipinski definition) is 2. The lowest BCUT2D eigenvalue weighted by molar-refractivity contribution is 0.164. The predicted molar refractivity (Wildman–Crippen MR) is 74.5 cm³/mol. The summed E-state index contributed by atoms with van der Waals surface area (Å²) in [5.74, 6) is 0. The first-order chi connectivity index (χ1) is 8.22. The van der Waals surface area contributed by atoms with Crippen molar-refractivity contribution < 1.29 is 5.11 Å². The molecule has 17 heavy (non-hydrogen) atoms. The van der Waals surface area contributed by atoms with Gasteiger partial charge >= 0.3 is 0 Å². The van der Waals surface area contributed by atoms with Gasteiger partial charge in [0.05, 0.1) is 6.10 Å². The summed E-state index contributed by atoms with van der Waals surface area (Å²) in [7, 11) is 0. The SMILES string of the molecule is CCCCC(O)c1ccc(N(CC)CC)cc1. The van der Waals surface area contributed by atoms with Crippen molar-refractivity contribution in [2.45, 2.75) is 46.1 Å². The van der Waals surface area contributed by atoms with E-state index in [0.717, 1.165) is 37.9 Å². The van der Waals surface area contributed by atoms with E-state index < -0.39 is 0 Å². The zero-order valence-electron chi connectivity index (χ0n) is 11.3.